The average molecular weight is 315 g/mol. The normalized spacial score (nSPS) is 31.0. The Labute approximate surface area is 139 Å². The number of ether oxygens (including phenoxy) is 1. The van der Waals surface area contributed by atoms with Crippen LogP contribution in [0.1, 0.15) is 39.0 Å². The lowest BCUT2D eigenvalue weighted by molar-refractivity contribution is 0.190. The topological polar surface area (TPSA) is 36.9 Å². The molecule has 2 aliphatic carbocycles. The average Bonchev–Trinajstić information content (AvgIpc) is 3.45. The lowest BCUT2D eigenvalue weighted by Gasteiger charge is -2.30. The summed E-state index contributed by atoms with van der Waals surface area (Å²) in [7, 11) is 1.78. The SMILES string of the molecule is COCCCN1C=C(CNC2CC2)C2C1=NC=CC(C)C21CC1. The molecule has 4 nitrogen and oxygen atoms in total. The number of nitrogens with zero attached hydrogens (tertiary/aromatic N) is 2. The van der Waals surface area contributed by atoms with E-state index in [1.807, 2.05) is 0 Å². The summed E-state index contributed by atoms with van der Waals surface area (Å²) in [4.78, 5) is 7.26. The largest absolute Gasteiger partial charge is 0.385 e. The van der Waals surface area contributed by atoms with Crippen molar-refractivity contribution in [2.45, 2.75) is 45.1 Å². The molecule has 4 heteroatoms. The fourth-order valence-corrected chi connectivity index (χ4v) is 4.29. The lowest BCUT2D eigenvalue weighted by atomic mass is 9.76. The minimum absolute atomic E-state index is 0.429. The predicted octanol–water partition coefficient (Wildman–Crippen LogP) is 2.93. The first-order chi connectivity index (χ1) is 11.2. The molecule has 0 saturated heterocycles. The Morgan fingerprint density at radius 2 is 2.22 bits per heavy atom. The zero-order valence-electron chi connectivity index (χ0n) is 14.4. The van der Waals surface area contributed by atoms with Crippen molar-refractivity contribution in [1.82, 2.24) is 10.2 Å². The third-order valence-electron chi connectivity index (χ3n) is 6.06. The summed E-state index contributed by atoms with van der Waals surface area (Å²) < 4.78 is 5.23. The van der Waals surface area contributed by atoms with E-state index < -0.39 is 0 Å². The maximum atomic E-state index is 5.23. The van der Waals surface area contributed by atoms with Crippen LogP contribution in [0.4, 0.5) is 0 Å². The third kappa shape index (κ3) is 2.87. The van der Waals surface area contributed by atoms with Crippen LogP contribution in [0, 0.1) is 17.3 Å². The van der Waals surface area contributed by atoms with Gasteiger partial charge in [0.15, 0.2) is 0 Å². The first kappa shape index (κ1) is 15.4. The summed E-state index contributed by atoms with van der Waals surface area (Å²) in [5, 5.41) is 3.73. The van der Waals surface area contributed by atoms with E-state index in [-0.39, 0.29) is 0 Å². The first-order valence-electron chi connectivity index (χ1n) is 9.18. The number of hydrogen-bond donors (Lipinski definition) is 1. The molecule has 2 saturated carbocycles. The van der Waals surface area contributed by atoms with Gasteiger partial charge < -0.3 is 15.0 Å². The number of methoxy groups -OCH3 is 1. The van der Waals surface area contributed by atoms with Crippen LogP contribution in [0.15, 0.2) is 29.0 Å². The maximum Gasteiger partial charge on any atom is 0.116 e. The van der Waals surface area contributed by atoms with E-state index in [1.165, 1.54) is 31.5 Å². The Morgan fingerprint density at radius 1 is 1.39 bits per heavy atom. The van der Waals surface area contributed by atoms with Crippen LogP contribution in [0.3, 0.4) is 0 Å². The van der Waals surface area contributed by atoms with E-state index >= 15 is 0 Å². The minimum atomic E-state index is 0.429. The van der Waals surface area contributed by atoms with E-state index in [0.29, 0.717) is 17.3 Å². The predicted molar refractivity (Wildman–Crippen MR) is 93.2 cm³/mol. The molecule has 2 unspecified atom stereocenters. The van der Waals surface area contributed by atoms with Crippen molar-refractivity contribution >= 4 is 5.84 Å². The molecular weight excluding hydrogens is 286 g/mol. The second-order valence-electron chi connectivity index (χ2n) is 7.68. The molecule has 4 aliphatic rings. The number of allylic oxidation sites excluding steroid dienone is 1. The summed E-state index contributed by atoms with van der Waals surface area (Å²) in [6.45, 7) is 5.23. The zero-order valence-corrected chi connectivity index (χ0v) is 14.4. The number of fused-ring (bicyclic) bond motifs is 2. The summed E-state index contributed by atoms with van der Waals surface area (Å²) >= 11 is 0. The number of aliphatic imine (C=N–C) groups is 1. The molecule has 0 aromatic heterocycles. The van der Waals surface area contributed by atoms with Crippen molar-refractivity contribution in [1.29, 1.82) is 0 Å². The fraction of sp³-hybridized carbons (Fsp3) is 0.737. The van der Waals surface area contributed by atoms with Gasteiger partial charge in [-0.2, -0.15) is 0 Å². The Morgan fingerprint density at radius 3 is 2.91 bits per heavy atom. The fourth-order valence-electron chi connectivity index (χ4n) is 4.29. The molecule has 126 valence electrons. The van der Waals surface area contributed by atoms with E-state index in [9.17, 15) is 0 Å². The number of rotatable bonds is 7. The van der Waals surface area contributed by atoms with Crippen LogP contribution in [-0.2, 0) is 4.74 Å². The monoisotopic (exact) mass is 315 g/mol. The molecule has 0 amide bonds. The second-order valence-corrected chi connectivity index (χ2v) is 7.68. The molecule has 2 fully saturated rings. The summed E-state index contributed by atoms with van der Waals surface area (Å²) in [6.07, 6.45) is 13.2. The van der Waals surface area contributed by atoms with Gasteiger partial charge in [-0.15, -0.1) is 0 Å². The highest BCUT2D eigenvalue weighted by Crippen LogP contribution is 2.62. The molecule has 1 spiro atoms. The van der Waals surface area contributed by atoms with E-state index in [2.05, 4.69) is 35.6 Å². The first-order valence-corrected chi connectivity index (χ1v) is 9.18. The van der Waals surface area contributed by atoms with Crippen LogP contribution >= 0.6 is 0 Å². The van der Waals surface area contributed by atoms with Crippen molar-refractivity contribution in [3.05, 3.63) is 24.0 Å². The van der Waals surface area contributed by atoms with Gasteiger partial charge in [0.2, 0.25) is 0 Å². The Kier molecular flexibility index (Phi) is 4.06. The summed E-state index contributed by atoms with van der Waals surface area (Å²) in [6, 6.07) is 0.760. The quantitative estimate of drug-likeness (QED) is 0.734. The molecular formula is C19H29N3O. The second kappa shape index (κ2) is 6.06. The molecule has 2 aliphatic heterocycles. The van der Waals surface area contributed by atoms with Gasteiger partial charge in [-0.1, -0.05) is 13.0 Å². The molecule has 23 heavy (non-hydrogen) atoms. The van der Waals surface area contributed by atoms with Gasteiger partial charge in [-0.05, 0) is 49.0 Å². The van der Waals surface area contributed by atoms with Crippen LogP contribution in [0.5, 0.6) is 0 Å². The van der Waals surface area contributed by atoms with Crippen LogP contribution < -0.4 is 5.32 Å². The molecule has 0 radical (unpaired) electrons. The standard InChI is InChI=1S/C19H29N3O/c1-14-6-9-20-18-17(19(14)7-8-19)15(12-21-16-4-5-16)13-22(18)10-3-11-23-2/h6,9,13-14,16-17,21H,3-5,7-8,10-12H2,1-2H3. The molecule has 2 heterocycles. The summed E-state index contributed by atoms with van der Waals surface area (Å²) in [5.41, 5.74) is 1.99. The summed E-state index contributed by atoms with van der Waals surface area (Å²) in [5.74, 6) is 2.42. The van der Waals surface area contributed by atoms with E-state index in [0.717, 1.165) is 32.2 Å². The molecule has 1 N–H and O–H groups in total. The number of nitrogens with one attached hydrogen (secondary N) is 1. The van der Waals surface area contributed by atoms with Crippen molar-refractivity contribution in [2.75, 3.05) is 26.8 Å². The molecule has 4 rings (SSSR count). The van der Waals surface area contributed by atoms with Crippen molar-refractivity contribution in [3.8, 4) is 0 Å². The number of hydrogen-bond acceptors (Lipinski definition) is 4. The van der Waals surface area contributed by atoms with Gasteiger partial charge in [0, 0.05) is 51.2 Å². The van der Waals surface area contributed by atoms with Crippen molar-refractivity contribution in [3.63, 3.8) is 0 Å². The van der Waals surface area contributed by atoms with Gasteiger partial charge in [-0.25, -0.2) is 4.99 Å². The highest BCUT2D eigenvalue weighted by Gasteiger charge is 2.57. The Bertz CT molecular complexity index is 543. The lowest BCUT2D eigenvalue weighted by Crippen LogP contribution is -2.36. The molecule has 0 aromatic rings. The van der Waals surface area contributed by atoms with Gasteiger partial charge >= 0.3 is 0 Å². The van der Waals surface area contributed by atoms with Crippen LogP contribution in [0.25, 0.3) is 0 Å². The van der Waals surface area contributed by atoms with Crippen LogP contribution in [-0.4, -0.2) is 43.6 Å². The van der Waals surface area contributed by atoms with Crippen molar-refractivity contribution < 1.29 is 4.74 Å². The van der Waals surface area contributed by atoms with Gasteiger partial charge in [-0.3, -0.25) is 0 Å². The van der Waals surface area contributed by atoms with Crippen LogP contribution in [0.2, 0.25) is 0 Å². The van der Waals surface area contributed by atoms with Gasteiger partial charge in [0.05, 0.1) is 0 Å². The highest BCUT2D eigenvalue weighted by atomic mass is 16.5. The van der Waals surface area contributed by atoms with Crippen molar-refractivity contribution in [2.24, 2.45) is 22.2 Å². The van der Waals surface area contributed by atoms with Gasteiger partial charge in [0.25, 0.3) is 0 Å². The van der Waals surface area contributed by atoms with E-state index in [4.69, 9.17) is 9.73 Å². The molecule has 0 bridgehead atoms. The maximum absolute atomic E-state index is 5.23. The molecule has 2 atom stereocenters. The highest BCUT2D eigenvalue weighted by molar-refractivity contribution is 5.93. The smallest absolute Gasteiger partial charge is 0.116 e. The van der Waals surface area contributed by atoms with E-state index in [1.54, 1.807) is 12.7 Å². The minimum Gasteiger partial charge on any atom is -0.385 e. The molecule has 0 aromatic carbocycles. The third-order valence-corrected chi connectivity index (χ3v) is 6.06. The van der Waals surface area contributed by atoms with Gasteiger partial charge in [0.1, 0.15) is 5.84 Å². The zero-order chi connectivity index (χ0) is 15.9. The number of amidine groups is 1. The Hall–Kier alpha value is -1.13. The Balaban J connectivity index is 1.56.